The molecule has 1 fully saturated rings. The molecule has 0 spiro atoms. The largest absolute Gasteiger partial charge is 0.492 e. The lowest BCUT2D eigenvalue weighted by Gasteiger charge is -2.41. The van der Waals surface area contributed by atoms with Crippen LogP contribution in [0.15, 0.2) is 24.5 Å². The summed E-state index contributed by atoms with van der Waals surface area (Å²) in [5.41, 5.74) is 3.35. The van der Waals surface area contributed by atoms with Crippen LogP contribution in [0.25, 0.3) is 11.3 Å². The van der Waals surface area contributed by atoms with Crippen molar-refractivity contribution < 1.29 is 31.6 Å². The molecule has 0 N–H and O–H groups in total. The van der Waals surface area contributed by atoms with Gasteiger partial charge in [-0.1, -0.05) is 20.8 Å². The van der Waals surface area contributed by atoms with E-state index in [9.17, 15) is 13.2 Å². The zero-order valence-corrected chi connectivity index (χ0v) is 28.2. The van der Waals surface area contributed by atoms with E-state index < -0.39 is 27.8 Å². The molecule has 2 aromatic rings. The highest BCUT2D eigenvalue weighted by Crippen LogP contribution is 2.43. The first-order valence-electron chi connectivity index (χ1n) is 14.9. The van der Waals surface area contributed by atoms with Crippen LogP contribution in [0.1, 0.15) is 85.6 Å². The van der Waals surface area contributed by atoms with Gasteiger partial charge in [-0.2, -0.15) is 8.42 Å². The quantitative estimate of drug-likeness (QED) is 0.211. The average molecular weight is 620 g/mol. The van der Waals surface area contributed by atoms with Crippen molar-refractivity contribution in [1.29, 1.82) is 0 Å². The van der Waals surface area contributed by atoms with Gasteiger partial charge in [-0.15, -0.1) is 0 Å². The van der Waals surface area contributed by atoms with Gasteiger partial charge >= 0.3 is 5.97 Å². The number of pyridine rings is 2. The van der Waals surface area contributed by atoms with Gasteiger partial charge < -0.3 is 19.1 Å². The van der Waals surface area contributed by atoms with E-state index in [2.05, 4.69) is 18.7 Å². The summed E-state index contributed by atoms with van der Waals surface area (Å²) >= 11 is 0. The van der Waals surface area contributed by atoms with Crippen LogP contribution in [-0.2, 0) is 28.6 Å². The molecule has 1 aliphatic rings. The molecule has 3 rings (SSSR count). The molecule has 0 saturated carbocycles. The highest BCUT2D eigenvalue weighted by molar-refractivity contribution is 7.85. The van der Waals surface area contributed by atoms with E-state index in [0.717, 1.165) is 43.4 Å². The van der Waals surface area contributed by atoms with Crippen molar-refractivity contribution in [2.24, 2.45) is 11.3 Å². The Kier molecular flexibility index (Phi) is 11.2. The van der Waals surface area contributed by atoms with Gasteiger partial charge in [0.2, 0.25) is 0 Å². The Morgan fingerprint density at radius 3 is 2.23 bits per heavy atom. The normalized spacial score (nSPS) is 17.0. The summed E-state index contributed by atoms with van der Waals surface area (Å²) < 4.78 is 45.4. The molecule has 0 aromatic carbocycles. The third-order valence-corrected chi connectivity index (χ3v) is 7.70. The molecule has 3 heterocycles. The fourth-order valence-electron chi connectivity index (χ4n) is 4.81. The van der Waals surface area contributed by atoms with E-state index in [-0.39, 0.29) is 30.7 Å². The van der Waals surface area contributed by atoms with Gasteiger partial charge in [0.1, 0.15) is 5.75 Å². The number of anilines is 1. The van der Waals surface area contributed by atoms with Crippen molar-refractivity contribution in [3.05, 3.63) is 35.8 Å². The molecule has 2 unspecified atom stereocenters. The van der Waals surface area contributed by atoms with E-state index in [0.29, 0.717) is 22.7 Å². The number of carbonyl (C=O) groups is 1. The number of esters is 1. The summed E-state index contributed by atoms with van der Waals surface area (Å²) in [6.45, 7) is 19.7. The second kappa shape index (κ2) is 13.9. The first kappa shape index (κ1) is 34.7. The van der Waals surface area contributed by atoms with Gasteiger partial charge in [0, 0.05) is 42.0 Å². The molecule has 0 bridgehead atoms. The number of aromatic nitrogens is 2. The molecule has 2 aromatic heterocycles. The average Bonchev–Trinajstić information content (AvgIpc) is 2.88. The SMILES string of the molecule is Cc1ncc(-c2ccc(OCC(C)COS(C)(=O)=O)cn2)c(N2CCC(C)(C)CC2)c1C(OC(C)(C)C)C(=O)OC(C)C. The summed E-state index contributed by atoms with van der Waals surface area (Å²) in [6.07, 6.45) is 5.19. The number of nitrogens with zero attached hydrogens (tertiary/aromatic N) is 3. The molecule has 10 nitrogen and oxygen atoms in total. The minimum absolute atomic E-state index is 0.0369. The Labute approximate surface area is 257 Å². The lowest BCUT2D eigenvalue weighted by Crippen LogP contribution is -2.39. The van der Waals surface area contributed by atoms with Crippen LogP contribution < -0.4 is 9.64 Å². The van der Waals surface area contributed by atoms with E-state index in [1.165, 1.54) is 0 Å². The number of ether oxygens (including phenoxy) is 3. The molecular formula is C32H49N3O7S. The van der Waals surface area contributed by atoms with Crippen LogP contribution in [0.2, 0.25) is 0 Å². The number of piperidine rings is 1. The van der Waals surface area contributed by atoms with Crippen LogP contribution in [0.5, 0.6) is 5.75 Å². The molecule has 0 radical (unpaired) electrons. The number of aryl methyl sites for hydroxylation is 1. The van der Waals surface area contributed by atoms with Crippen molar-refractivity contribution >= 4 is 21.8 Å². The fourth-order valence-corrected chi connectivity index (χ4v) is 5.29. The Morgan fingerprint density at radius 1 is 1.05 bits per heavy atom. The number of rotatable bonds is 12. The Morgan fingerprint density at radius 2 is 1.70 bits per heavy atom. The summed E-state index contributed by atoms with van der Waals surface area (Å²) in [5.74, 6) is -0.0409. The second-order valence-electron chi connectivity index (χ2n) is 13.6. The Balaban J connectivity index is 2.03. The molecule has 1 saturated heterocycles. The Hall–Kier alpha value is -2.76. The maximum absolute atomic E-state index is 13.6. The number of hydrogen-bond donors (Lipinski definition) is 0. The van der Waals surface area contributed by atoms with E-state index in [1.807, 2.05) is 66.8 Å². The lowest BCUT2D eigenvalue weighted by atomic mass is 9.82. The van der Waals surface area contributed by atoms with Crippen molar-refractivity contribution in [3.63, 3.8) is 0 Å². The van der Waals surface area contributed by atoms with Crippen LogP contribution >= 0.6 is 0 Å². The predicted molar refractivity (Wildman–Crippen MR) is 168 cm³/mol. The first-order chi connectivity index (χ1) is 19.8. The van der Waals surface area contributed by atoms with Gasteiger partial charge in [-0.25, -0.2) is 4.79 Å². The standard InChI is InChI=1S/C32H49N3O7S/c1-21(2)41-30(36)29(42-31(5,6)7)27-23(4)33-18-25(28(27)35-15-13-32(8,9)14-16-35)26-12-11-24(17-34-26)39-19-22(3)20-40-43(10,37)38/h11-12,17-18,21-22,29H,13-16,19-20H2,1-10H3. The fraction of sp³-hybridized carbons (Fsp3) is 0.656. The molecular weight excluding hydrogens is 570 g/mol. The molecule has 2 atom stereocenters. The van der Waals surface area contributed by atoms with E-state index in [4.69, 9.17) is 28.4 Å². The van der Waals surface area contributed by atoms with Gasteiger partial charge in [0.05, 0.1) is 48.8 Å². The van der Waals surface area contributed by atoms with Crippen LogP contribution in [-0.4, -0.2) is 68.6 Å². The van der Waals surface area contributed by atoms with Crippen molar-refractivity contribution in [3.8, 4) is 17.0 Å². The highest BCUT2D eigenvalue weighted by atomic mass is 32.2. The van der Waals surface area contributed by atoms with Gasteiger partial charge in [-0.05, 0) is 71.9 Å². The third kappa shape index (κ3) is 10.4. The van der Waals surface area contributed by atoms with Gasteiger partial charge in [0.25, 0.3) is 10.1 Å². The summed E-state index contributed by atoms with van der Waals surface area (Å²) in [4.78, 5) is 25.3. The minimum Gasteiger partial charge on any atom is -0.492 e. The van der Waals surface area contributed by atoms with Crippen molar-refractivity contribution in [2.45, 2.75) is 93.0 Å². The van der Waals surface area contributed by atoms with Crippen LogP contribution in [0, 0.1) is 18.3 Å². The first-order valence-corrected chi connectivity index (χ1v) is 16.7. The number of carbonyl (C=O) groups excluding carboxylic acids is 1. The Bertz CT molecular complexity index is 1340. The third-order valence-electron chi connectivity index (χ3n) is 7.13. The van der Waals surface area contributed by atoms with Gasteiger partial charge in [0.15, 0.2) is 6.10 Å². The highest BCUT2D eigenvalue weighted by Gasteiger charge is 2.37. The molecule has 240 valence electrons. The molecule has 11 heteroatoms. The summed E-state index contributed by atoms with van der Waals surface area (Å²) in [6, 6.07) is 3.69. The zero-order valence-electron chi connectivity index (χ0n) is 27.4. The van der Waals surface area contributed by atoms with Crippen molar-refractivity contribution in [2.75, 3.05) is 37.5 Å². The minimum atomic E-state index is -3.51. The van der Waals surface area contributed by atoms with E-state index in [1.54, 1.807) is 6.20 Å². The second-order valence-corrected chi connectivity index (χ2v) is 15.2. The van der Waals surface area contributed by atoms with Gasteiger partial charge in [-0.3, -0.25) is 14.2 Å². The smallest absolute Gasteiger partial charge is 0.340 e. The van der Waals surface area contributed by atoms with Crippen LogP contribution in [0.3, 0.4) is 0 Å². The van der Waals surface area contributed by atoms with Crippen LogP contribution in [0.4, 0.5) is 5.69 Å². The maximum atomic E-state index is 13.6. The topological polar surface area (TPSA) is 117 Å². The predicted octanol–water partition coefficient (Wildman–Crippen LogP) is 5.88. The molecule has 0 amide bonds. The summed E-state index contributed by atoms with van der Waals surface area (Å²) in [5, 5.41) is 0. The maximum Gasteiger partial charge on any atom is 0.340 e. The number of hydrogen-bond acceptors (Lipinski definition) is 10. The zero-order chi connectivity index (χ0) is 32.2. The van der Waals surface area contributed by atoms with Crippen molar-refractivity contribution in [1.82, 2.24) is 9.97 Å². The van der Waals surface area contributed by atoms with E-state index >= 15 is 0 Å². The molecule has 43 heavy (non-hydrogen) atoms. The molecule has 1 aliphatic heterocycles. The molecule has 0 aliphatic carbocycles. The monoisotopic (exact) mass is 619 g/mol. The summed E-state index contributed by atoms with van der Waals surface area (Å²) in [7, 11) is -3.51. The lowest BCUT2D eigenvalue weighted by molar-refractivity contribution is -0.171.